The highest BCUT2D eigenvalue weighted by molar-refractivity contribution is 5.68. The molecule has 0 fully saturated rings. The fourth-order valence-corrected chi connectivity index (χ4v) is 1.61. The normalized spacial score (nSPS) is 10.9. The van der Waals surface area contributed by atoms with Crippen molar-refractivity contribution in [3.63, 3.8) is 0 Å². The summed E-state index contributed by atoms with van der Waals surface area (Å²) in [5.74, 6) is 0. The molecule has 0 N–H and O–H groups in total. The van der Waals surface area contributed by atoms with Gasteiger partial charge in [0.1, 0.15) is 0 Å². The Hall–Kier alpha value is -1.89. The van der Waals surface area contributed by atoms with Gasteiger partial charge < -0.3 is 0 Å². The van der Waals surface area contributed by atoms with Crippen molar-refractivity contribution in [1.29, 1.82) is 0 Å². The van der Waals surface area contributed by atoms with Crippen molar-refractivity contribution < 1.29 is 0 Å². The predicted molar refractivity (Wildman–Crippen MR) is 69.1 cm³/mol. The summed E-state index contributed by atoms with van der Waals surface area (Å²) in [7, 11) is 0. The second-order valence-electron chi connectivity index (χ2n) is 3.95. The maximum atomic E-state index is 4.42. The third kappa shape index (κ3) is 2.80. The summed E-state index contributed by atoms with van der Waals surface area (Å²) in [5.41, 5.74) is 4.54. The van der Waals surface area contributed by atoms with E-state index in [2.05, 4.69) is 42.2 Å². The van der Waals surface area contributed by atoms with Crippen LogP contribution in [0.1, 0.15) is 22.5 Å². The molecule has 1 aromatic heterocycles. The third-order valence-electron chi connectivity index (χ3n) is 2.40. The summed E-state index contributed by atoms with van der Waals surface area (Å²) >= 11 is 0. The maximum Gasteiger partial charge on any atom is 0.0633 e. The van der Waals surface area contributed by atoms with Crippen LogP contribution in [0.4, 0.5) is 0 Å². The Balaban J connectivity index is 2.21. The molecule has 1 nitrogen and oxygen atoms in total. The van der Waals surface area contributed by atoms with Crippen LogP contribution in [-0.4, -0.2) is 4.98 Å². The number of hydrogen-bond acceptors (Lipinski definition) is 1. The van der Waals surface area contributed by atoms with Crippen molar-refractivity contribution in [2.24, 2.45) is 0 Å². The first-order valence-electron chi connectivity index (χ1n) is 5.42. The van der Waals surface area contributed by atoms with Crippen LogP contribution in [0.3, 0.4) is 0 Å². The molecule has 0 amide bonds. The Labute approximate surface area is 96.5 Å². The average molecular weight is 209 g/mol. The van der Waals surface area contributed by atoms with Crippen molar-refractivity contribution in [2.45, 2.75) is 13.8 Å². The van der Waals surface area contributed by atoms with Crippen molar-refractivity contribution in [3.05, 3.63) is 65.0 Å². The van der Waals surface area contributed by atoms with Gasteiger partial charge in [-0.2, -0.15) is 0 Å². The summed E-state index contributed by atoms with van der Waals surface area (Å²) in [6.07, 6.45) is 4.14. The highest BCUT2D eigenvalue weighted by Crippen LogP contribution is 2.08. The highest BCUT2D eigenvalue weighted by atomic mass is 14.7. The van der Waals surface area contributed by atoms with Crippen LogP contribution < -0.4 is 0 Å². The molecule has 0 atom stereocenters. The molecule has 0 saturated carbocycles. The zero-order chi connectivity index (χ0) is 11.4. The van der Waals surface area contributed by atoms with Crippen molar-refractivity contribution in [1.82, 2.24) is 4.98 Å². The number of aryl methyl sites for hydroxylation is 2. The molecule has 0 aliphatic heterocycles. The Morgan fingerprint density at radius 2 is 1.75 bits per heavy atom. The maximum absolute atomic E-state index is 4.42. The number of rotatable bonds is 2. The number of benzene rings is 1. The molecule has 16 heavy (non-hydrogen) atoms. The topological polar surface area (TPSA) is 12.9 Å². The molecule has 0 aliphatic rings. The summed E-state index contributed by atoms with van der Waals surface area (Å²) < 4.78 is 0. The molecule has 1 heterocycles. The SMILES string of the molecule is Cc1cccc(C=Cc2cccc(C)n2)c1. The van der Waals surface area contributed by atoms with Gasteiger partial charge in [-0.1, -0.05) is 42.0 Å². The second kappa shape index (κ2) is 4.75. The molecule has 0 spiro atoms. The van der Waals surface area contributed by atoms with Gasteiger partial charge in [0.25, 0.3) is 0 Å². The lowest BCUT2D eigenvalue weighted by atomic mass is 10.1. The Kier molecular flexibility index (Phi) is 3.16. The molecule has 0 radical (unpaired) electrons. The summed E-state index contributed by atoms with van der Waals surface area (Å²) in [6.45, 7) is 4.10. The average Bonchev–Trinajstić information content (AvgIpc) is 2.27. The molecule has 1 aromatic carbocycles. The number of hydrogen-bond donors (Lipinski definition) is 0. The zero-order valence-corrected chi connectivity index (χ0v) is 9.64. The molecular weight excluding hydrogens is 194 g/mol. The lowest BCUT2D eigenvalue weighted by Gasteiger charge is -1.97. The van der Waals surface area contributed by atoms with Gasteiger partial charge in [0.2, 0.25) is 0 Å². The first-order chi connectivity index (χ1) is 7.74. The summed E-state index contributed by atoms with van der Waals surface area (Å²) in [6, 6.07) is 14.5. The quantitative estimate of drug-likeness (QED) is 0.731. The number of aromatic nitrogens is 1. The summed E-state index contributed by atoms with van der Waals surface area (Å²) in [4.78, 5) is 4.42. The third-order valence-corrected chi connectivity index (χ3v) is 2.40. The van der Waals surface area contributed by atoms with E-state index in [4.69, 9.17) is 0 Å². The minimum absolute atomic E-state index is 1.00. The lowest BCUT2D eigenvalue weighted by Crippen LogP contribution is -1.83. The Bertz CT molecular complexity index is 465. The predicted octanol–water partition coefficient (Wildman–Crippen LogP) is 3.87. The molecule has 0 bridgehead atoms. The molecule has 0 saturated heterocycles. The second-order valence-corrected chi connectivity index (χ2v) is 3.95. The fourth-order valence-electron chi connectivity index (χ4n) is 1.61. The van der Waals surface area contributed by atoms with Crippen LogP contribution in [0.15, 0.2) is 42.5 Å². The Morgan fingerprint density at radius 1 is 0.938 bits per heavy atom. The van der Waals surface area contributed by atoms with E-state index in [-0.39, 0.29) is 0 Å². The van der Waals surface area contributed by atoms with Crippen molar-refractivity contribution in [3.8, 4) is 0 Å². The van der Waals surface area contributed by atoms with Crippen LogP contribution in [-0.2, 0) is 0 Å². The molecule has 2 rings (SSSR count). The van der Waals surface area contributed by atoms with Crippen molar-refractivity contribution in [2.75, 3.05) is 0 Å². The lowest BCUT2D eigenvalue weighted by molar-refractivity contribution is 1.18. The van der Waals surface area contributed by atoms with Crippen LogP contribution in [0.5, 0.6) is 0 Å². The number of pyridine rings is 1. The number of nitrogens with zero attached hydrogens (tertiary/aromatic N) is 1. The summed E-state index contributed by atoms with van der Waals surface area (Å²) in [5, 5.41) is 0. The van der Waals surface area contributed by atoms with E-state index in [0.717, 1.165) is 11.4 Å². The molecule has 2 aromatic rings. The van der Waals surface area contributed by atoms with E-state index in [9.17, 15) is 0 Å². The van der Waals surface area contributed by atoms with Crippen molar-refractivity contribution >= 4 is 12.2 Å². The highest BCUT2D eigenvalue weighted by Gasteiger charge is 1.90. The first-order valence-corrected chi connectivity index (χ1v) is 5.42. The van der Waals surface area contributed by atoms with Gasteiger partial charge >= 0.3 is 0 Å². The van der Waals surface area contributed by atoms with Gasteiger partial charge in [0.15, 0.2) is 0 Å². The molecule has 0 unspecified atom stereocenters. The van der Waals surface area contributed by atoms with Gasteiger partial charge in [0, 0.05) is 5.69 Å². The van der Waals surface area contributed by atoms with Gasteiger partial charge in [0.05, 0.1) is 5.69 Å². The van der Waals surface area contributed by atoms with Crippen LogP contribution in [0, 0.1) is 13.8 Å². The monoisotopic (exact) mass is 209 g/mol. The Morgan fingerprint density at radius 3 is 2.50 bits per heavy atom. The van der Waals surface area contributed by atoms with Crippen LogP contribution >= 0.6 is 0 Å². The van der Waals surface area contributed by atoms with E-state index in [1.54, 1.807) is 0 Å². The van der Waals surface area contributed by atoms with Crippen LogP contribution in [0.2, 0.25) is 0 Å². The first kappa shape index (κ1) is 10.6. The van der Waals surface area contributed by atoms with Gasteiger partial charge in [-0.15, -0.1) is 0 Å². The fraction of sp³-hybridized carbons (Fsp3) is 0.133. The largest absolute Gasteiger partial charge is 0.254 e. The zero-order valence-electron chi connectivity index (χ0n) is 9.64. The van der Waals surface area contributed by atoms with Gasteiger partial charge in [-0.3, -0.25) is 4.98 Å². The molecular formula is C15H15N. The van der Waals surface area contributed by atoms with Crippen LogP contribution in [0.25, 0.3) is 12.2 Å². The molecule has 1 heteroatoms. The minimum atomic E-state index is 1.00. The van der Waals surface area contributed by atoms with E-state index >= 15 is 0 Å². The van der Waals surface area contributed by atoms with E-state index < -0.39 is 0 Å². The molecule has 0 aliphatic carbocycles. The van der Waals surface area contributed by atoms with E-state index in [1.807, 2.05) is 31.2 Å². The van der Waals surface area contributed by atoms with E-state index in [1.165, 1.54) is 11.1 Å². The van der Waals surface area contributed by atoms with Gasteiger partial charge in [-0.05, 0) is 37.6 Å². The minimum Gasteiger partial charge on any atom is -0.254 e. The smallest absolute Gasteiger partial charge is 0.0633 e. The van der Waals surface area contributed by atoms with E-state index in [0.29, 0.717) is 0 Å². The van der Waals surface area contributed by atoms with Gasteiger partial charge in [-0.25, -0.2) is 0 Å². The molecule has 80 valence electrons. The standard InChI is InChI=1S/C15H15N/c1-12-5-3-7-14(11-12)9-10-15-8-4-6-13(2)16-15/h3-11H,1-2H3.